The summed E-state index contributed by atoms with van der Waals surface area (Å²) in [5.41, 5.74) is 8.46. The maximum absolute atomic E-state index is 12.9. The fourth-order valence-corrected chi connectivity index (χ4v) is 5.06. The van der Waals surface area contributed by atoms with Crippen LogP contribution in [0.25, 0.3) is 10.9 Å². The molecular weight excluding hydrogens is 370 g/mol. The number of thiophene rings is 1. The van der Waals surface area contributed by atoms with Gasteiger partial charge in [-0.2, -0.15) is 0 Å². The highest BCUT2D eigenvalue weighted by Gasteiger charge is 2.25. The van der Waals surface area contributed by atoms with Gasteiger partial charge in [0.1, 0.15) is 10.7 Å². The number of fused-ring (bicyclic) bond motifs is 2. The molecule has 2 amide bonds. The molecule has 0 saturated heterocycles. The molecule has 0 radical (unpaired) electrons. The number of anilines is 1. The highest BCUT2D eigenvalue weighted by molar-refractivity contribution is 7.17. The fourth-order valence-electron chi connectivity index (χ4n) is 3.60. The van der Waals surface area contributed by atoms with Gasteiger partial charge in [-0.3, -0.25) is 9.59 Å². The molecule has 0 spiro atoms. The van der Waals surface area contributed by atoms with Gasteiger partial charge in [0.25, 0.3) is 11.8 Å². The summed E-state index contributed by atoms with van der Waals surface area (Å²) in [6.07, 6.45) is 3.92. The van der Waals surface area contributed by atoms with Gasteiger partial charge in [-0.1, -0.05) is 17.7 Å². The minimum Gasteiger partial charge on any atom is -0.365 e. The van der Waals surface area contributed by atoms with Crippen LogP contribution in [-0.2, 0) is 19.9 Å². The molecule has 1 aliphatic rings. The summed E-state index contributed by atoms with van der Waals surface area (Å²) in [7, 11) is 1.82. The molecule has 0 bridgehead atoms. The van der Waals surface area contributed by atoms with E-state index in [1.165, 1.54) is 11.3 Å². The predicted octanol–water partition coefficient (Wildman–Crippen LogP) is 4.12. The number of rotatable bonds is 3. The van der Waals surface area contributed by atoms with Gasteiger partial charge < -0.3 is 15.6 Å². The average molecular weight is 388 g/mol. The molecule has 0 aliphatic heterocycles. The van der Waals surface area contributed by atoms with Crippen LogP contribution in [0.1, 0.15) is 44.1 Å². The number of primary amides is 1. The zero-order valence-corrected chi connectivity index (χ0v) is 15.8. The summed E-state index contributed by atoms with van der Waals surface area (Å²) >= 11 is 7.52. The lowest BCUT2D eigenvalue weighted by molar-refractivity contribution is 0.100. The molecule has 26 heavy (non-hydrogen) atoms. The number of carbonyl (C=O) groups is 2. The number of halogens is 1. The van der Waals surface area contributed by atoms with E-state index in [-0.39, 0.29) is 5.91 Å². The highest BCUT2D eigenvalue weighted by atomic mass is 35.5. The SMILES string of the molecule is Cn1c(C(=O)Nc2sc3c(c2C(N)=O)CCCC3)cc2ccc(Cl)cc21. The highest BCUT2D eigenvalue weighted by Crippen LogP contribution is 2.38. The Morgan fingerprint density at radius 3 is 2.77 bits per heavy atom. The summed E-state index contributed by atoms with van der Waals surface area (Å²) < 4.78 is 1.80. The molecule has 2 heterocycles. The van der Waals surface area contributed by atoms with Crippen molar-refractivity contribution in [3.8, 4) is 0 Å². The summed E-state index contributed by atoms with van der Waals surface area (Å²) in [6, 6.07) is 7.32. The number of benzene rings is 1. The van der Waals surface area contributed by atoms with Crippen LogP contribution in [0.4, 0.5) is 5.00 Å². The summed E-state index contributed by atoms with van der Waals surface area (Å²) in [4.78, 5) is 26.0. The second-order valence-corrected chi connectivity index (χ2v) is 8.07. The van der Waals surface area contributed by atoms with E-state index >= 15 is 0 Å². The topological polar surface area (TPSA) is 77.1 Å². The predicted molar refractivity (Wildman–Crippen MR) is 105 cm³/mol. The Kier molecular flexibility index (Phi) is 4.25. The fraction of sp³-hybridized carbons (Fsp3) is 0.263. The van der Waals surface area contributed by atoms with E-state index < -0.39 is 5.91 Å². The molecule has 0 saturated carbocycles. The Labute approximate surface area is 159 Å². The number of carbonyl (C=O) groups excluding carboxylic acids is 2. The van der Waals surface area contributed by atoms with Crippen molar-refractivity contribution in [1.29, 1.82) is 0 Å². The third-order valence-electron chi connectivity index (χ3n) is 4.88. The standard InChI is InChI=1S/C19H18ClN3O2S/c1-23-13-9-11(20)7-6-10(13)8-14(23)18(25)22-19-16(17(21)24)12-4-2-3-5-15(12)26-19/h6-9H,2-5H2,1H3,(H2,21,24)(H,22,25). The first-order valence-corrected chi connectivity index (χ1v) is 9.66. The molecule has 0 fully saturated rings. The van der Waals surface area contributed by atoms with Gasteiger partial charge >= 0.3 is 0 Å². The second kappa shape index (κ2) is 6.45. The molecule has 3 N–H and O–H groups in total. The maximum atomic E-state index is 12.9. The number of amides is 2. The van der Waals surface area contributed by atoms with Crippen molar-refractivity contribution in [3.05, 3.63) is 51.0 Å². The quantitative estimate of drug-likeness (QED) is 0.709. The van der Waals surface area contributed by atoms with Crippen LogP contribution in [0.3, 0.4) is 0 Å². The molecule has 0 atom stereocenters. The molecule has 3 aromatic rings. The summed E-state index contributed by atoms with van der Waals surface area (Å²) in [5.74, 6) is -0.746. The van der Waals surface area contributed by atoms with Crippen molar-refractivity contribution in [1.82, 2.24) is 4.57 Å². The van der Waals surface area contributed by atoms with Crippen LogP contribution in [0, 0.1) is 0 Å². The van der Waals surface area contributed by atoms with Crippen molar-refractivity contribution in [2.75, 3.05) is 5.32 Å². The number of aryl methyl sites for hydroxylation is 2. The third kappa shape index (κ3) is 2.79. The van der Waals surface area contributed by atoms with Gasteiger partial charge in [-0.25, -0.2) is 0 Å². The van der Waals surface area contributed by atoms with Crippen molar-refractivity contribution in [2.24, 2.45) is 12.8 Å². The minimum absolute atomic E-state index is 0.263. The molecule has 2 aromatic heterocycles. The molecule has 0 unspecified atom stereocenters. The van der Waals surface area contributed by atoms with E-state index in [9.17, 15) is 9.59 Å². The molecule has 1 aromatic carbocycles. The Balaban J connectivity index is 1.72. The van der Waals surface area contributed by atoms with Gasteiger partial charge in [0, 0.05) is 27.9 Å². The van der Waals surface area contributed by atoms with E-state index in [0.29, 0.717) is 21.3 Å². The van der Waals surface area contributed by atoms with E-state index in [0.717, 1.165) is 47.0 Å². The lowest BCUT2D eigenvalue weighted by Gasteiger charge is -2.11. The number of aromatic nitrogens is 1. The van der Waals surface area contributed by atoms with Crippen LogP contribution in [0.2, 0.25) is 5.02 Å². The van der Waals surface area contributed by atoms with Crippen molar-refractivity contribution >= 4 is 50.7 Å². The van der Waals surface area contributed by atoms with E-state index in [2.05, 4.69) is 5.32 Å². The largest absolute Gasteiger partial charge is 0.365 e. The minimum atomic E-state index is -0.483. The van der Waals surface area contributed by atoms with Crippen molar-refractivity contribution in [3.63, 3.8) is 0 Å². The van der Waals surface area contributed by atoms with Crippen LogP contribution in [0.15, 0.2) is 24.3 Å². The van der Waals surface area contributed by atoms with Gasteiger partial charge in [-0.05, 0) is 49.4 Å². The first-order chi connectivity index (χ1) is 12.5. The molecule has 7 heteroatoms. The normalized spacial score (nSPS) is 13.6. The zero-order valence-electron chi connectivity index (χ0n) is 14.3. The third-order valence-corrected chi connectivity index (χ3v) is 6.33. The molecule has 134 valence electrons. The van der Waals surface area contributed by atoms with Crippen molar-refractivity contribution < 1.29 is 9.59 Å². The van der Waals surface area contributed by atoms with Gasteiger partial charge in [0.15, 0.2) is 0 Å². The Morgan fingerprint density at radius 2 is 2.00 bits per heavy atom. The number of nitrogens with one attached hydrogen (secondary N) is 1. The summed E-state index contributed by atoms with van der Waals surface area (Å²) in [6.45, 7) is 0. The summed E-state index contributed by atoms with van der Waals surface area (Å²) in [5, 5.41) is 5.01. The van der Waals surface area contributed by atoms with Crippen LogP contribution >= 0.6 is 22.9 Å². The van der Waals surface area contributed by atoms with Crippen LogP contribution in [0.5, 0.6) is 0 Å². The molecule has 5 nitrogen and oxygen atoms in total. The van der Waals surface area contributed by atoms with Crippen molar-refractivity contribution in [2.45, 2.75) is 25.7 Å². The van der Waals surface area contributed by atoms with Gasteiger partial charge in [0.2, 0.25) is 0 Å². The Morgan fingerprint density at radius 1 is 1.23 bits per heavy atom. The van der Waals surface area contributed by atoms with Crippen LogP contribution < -0.4 is 11.1 Å². The average Bonchev–Trinajstić information content (AvgIpc) is 3.12. The lowest BCUT2D eigenvalue weighted by Crippen LogP contribution is -2.19. The molecular formula is C19H18ClN3O2S. The number of nitrogens with zero attached hydrogens (tertiary/aromatic N) is 1. The van der Waals surface area contributed by atoms with Crippen LogP contribution in [-0.4, -0.2) is 16.4 Å². The van der Waals surface area contributed by atoms with E-state index in [1.54, 1.807) is 10.6 Å². The van der Waals surface area contributed by atoms with Gasteiger partial charge in [-0.15, -0.1) is 11.3 Å². The number of hydrogen-bond acceptors (Lipinski definition) is 3. The second-order valence-electron chi connectivity index (χ2n) is 6.53. The Bertz CT molecular complexity index is 1050. The first kappa shape index (κ1) is 17.1. The first-order valence-electron chi connectivity index (χ1n) is 8.46. The Hall–Kier alpha value is -2.31. The monoisotopic (exact) mass is 387 g/mol. The lowest BCUT2D eigenvalue weighted by atomic mass is 9.95. The zero-order chi connectivity index (χ0) is 18.4. The smallest absolute Gasteiger partial charge is 0.272 e. The molecule has 1 aliphatic carbocycles. The van der Waals surface area contributed by atoms with E-state index in [1.807, 2.05) is 25.2 Å². The maximum Gasteiger partial charge on any atom is 0.272 e. The molecule has 4 rings (SSSR count). The number of nitrogens with two attached hydrogens (primary N) is 1. The van der Waals surface area contributed by atoms with E-state index in [4.69, 9.17) is 17.3 Å². The number of hydrogen-bond donors (Lipinski definition) is 2. The van der Waals surface area contributed by atoms with Gasteiger partial charge in [0.05, 0.1) is 5.56 Å².